The molecular weight excluding hydrogens is 474 g/mol. The van der Waals surface area contributed by atoms with Gasteiger partial charge in [0.25, 0.3) is 0 Å². The summed E-state index contributed by atoms with van der Waals surface area (Å²) < 4.78 is 28.0. The summed E-state index contributed by atoms with van der Waals surface area (Å²) in [5.74, 6) is 3.06. The van der Waals surface area contributed by atoms with Crippen molar-refractivity contribution in [3.63, 3.8) is 0 Å². The molecule has 0 spiro atoms. The predicted molar refractivity (Wildman–Crippen MR) is 120 cm³/mol. The maximum absolute atomic E-state index is 12.6. The van der Waals surface area contributed by atoms with Gasteiger partial charge in [-0.2, -0.15) is 0 Å². The summed E-state index contributed by atoms with van der Waals surface area (Å²) in [6.07, 6.45) is -4.62. The lowest BCUT2D eigenvalue weighted by molar-refractivity contribution is -0.166. The Kier molecular flexibility index (Phi) is 8.75. The minimum atomic E-state index is -1.23. The van der Waals surface area contributed by atoms with E-state index in [4.69, 9.17) is 23.7 Å². The van der Waals surface area contributed by atoms with E-state index in [1.165, 1.54) is 20.8 Å². The van der Waals surface area contributed by atoms with Gasteiger partial charge in [0.15, 0.2) is 18.4 Å². The summed E-state index contributed by atoms with van der Waals surface area (Å²) in [7, 11) is 0. The van der Waals surface area contributed by atoms with Gasteiger partial charge in [0, 0.05) is 26.3 Å². The molecule has 3 rings (SSSR count). The van der Waals surface area contributed by atoms with Crippen molar-refractivity contribution >= 4 is 23.9 Å². The van der Waals surface area contributed by atoms with E-state index in [1.54, 1.807) is 31.2 Å². The number of esters is 4. The van der Waals surface area contributed by atoms with Crippen molar-refractivity contribution in [1.82, 2.24) is 15.0 Å². The van der Waals surface area contributed by atoms with Crippen molar-refractivity contribution in [2.24, 2.45) is 0 Å². The second kappa shape index (κ2) is 11.9. The Morgan fingerprint density at radius 2 is 1.61 bits per heavy atom. The van der Waals surface area contributed by atoms with Crippen LogP contribution in [0, 0.1) is 11.8 Å². The molecule has 12 nitrogen and oxygen atoms in total. The Bertz CT molecular complexity index is 1180. The molecule has 0 unspecified atom stereocenters. The van der Waals surface area contributed by atoms with Crippen LogP contribution in [-0.2, 0) is 38.1 Å². The molecule has 2 aromatic rings. The van der Waals surface area contributed by atoms with Crippen LogP contribution in [0.5, 0.6) is 0 Å². The lowest BCUT2D eigenvalue weighted by atomic mass is 10.1. The van der Waals surface area contributed by atoms with Crippen molar-refractivity contribution in [2.75, 3.05) is 13.2 Å². The van der Waals surface area contributed by atoms with E-state index in [2.05, 4.69) is 22.2 Å². The summed E-state index contributed by atoms with van der Waals surface area (Å²) in [6, 6.07) is 8.96. The number of ether oxygens (including phenoxy) is 5. The molecule has 0 N–H and O–H groups in total. The van der Waals surface area contributed by atoms with Gasteiger partial charge in [-0.15, -0.1) is 5.10 Å². The molecule has 1 fully saturated rings. The molecule has 1 saturated heterocycles. The number of aromatic nitrogens is 3. The van der Waals surface area contributed by atoms with Crippen LogP contribution >= 0.6 is 0 Å². The van der Waals surface area contributed by atoms with E-state index in [0.717, 1.165) is 4.68 Å². The average Bonchev–Trinajstić information content (AvgIpc) is 3.38. The van der Waals surface area contributed by atoms with Crippen LogP contribution in [0.1, 0.15) is 55.7 Å². The van der Waals surface area contributed by atoms with E-state index >= 15 is 0 Å². The van der Waals surface area contributed by atoms with E-state index in [0.29, 0.717) is 5.56 Å². The highest BCUT2D eigenvalue weighted by molar-refractivity contribution is 5.89. The molecule has 1 aliphatic heterocycles. The molecule has 0 radical (unpaired) electrons. The normalized spacial score (nSPS) is 20.6. The van der Waals surface area contributed by atoms with Crippen LogP contribution in [0.3, 0.4) is 0 Å². The van der Waals surface area contributed by atoms with Crippen LogP contribution in [0.2, 0.25) is 0 Å². The maximum atomic E-state index is 12.6. The van der Waals surface area contributed by atoms with Gasteiger partial charge in [-0.3, -0.25) is 14.4 Å². The number of carbonyl (C=O) groups is 4. The third kappa shape index (κ3) is 6.45. The van der Waals surface area contributed by atoms with E-state index in [1.807, 2.05) is 6.07 Å². The average molecular weight is 499 g/mol. The van der Waals surface area contributed by atoms with Gasteiger partial charge in [0.05, 0.1) is 6.61 Å². The van der Waals surface area contributed by atoms with Gasteiger partial charge >= 0.3 is 23.9 Å². The largest absolute Gasteiger partial charge is 0.463 e. The maximum Gasteiger partial charge on any atom is 0.361 e. The summed E-state index contributed by atoms with van der Waals surface area (Å²) in [4.78, 5) is 47.7. The number of rotatable bonds is 7. The number of hydrogen-bond acceptors (Lipinski definition) is 11. The predicted octanol–water partition coefficient (Wildman–Crippen LogP) is 1.18. The number of hydrogen-bond donors (Lipinski definition) is 0. The fraction of sp³-hybridized carbons (Fsp3) is 0.417. The van der Waals surface area contributed by atoms with Crippen LogP contribution in [0.4, 0.5) is 0 Å². The van der Waals surface area contributed by atoms with Crippen LogP contribution in [0.15, 0.2) is 30.3 Å². The minimum absolute atomic E-state index is 0.0224. The molecule has 0 bridgehead atoms. The second-order valence-electron chi connectivity index (χ2n) is 7.58. The highest BCUT2D eigenvalue weighted by Crippen LogP contribution is 2.35. The van der Waals surface area contributed by atoms with Gasteiger partial charge in [-0.05, 0) is 25.0 Å². The number of benzene rings is 1. The Morgan fingerprint density at radius 1 is 0.944 bits per heavy atom. The van der Waals surface area contributed by atoms with E-state index in [9.17, 15) is 19.2 Å². The molecule has 2 heterocycles. The molecular formula is C24H25N3O9. The molecule has 190 valence electrons. The molecule has 1 aromatic heterocycles. The van der Waals surface area contributed by atoms with E-state index < -0.39 is 48.4 Å². The molecule has 0 saturated carbocycles. The third-order valence-electron chi connectivity index (χ3n) is 4.84. The summed E-state index contributed by atoms with van der Waals surface area (Å²) in [6.45, 7) is 4.97. The van der Waals surface area contributed by atoms with Crippen molar-refractivity contribution in [1.29, 1.82) is 0 Å². The van der Waals surface area contributed by atoms with E-state index in [-0.39, 0.29) is 24.6 Å². The Balaban J connectivity index is 2.09. The molecule has 1 aromatic carbocycles. The highest BCUT2D eigenvalue weighted by Gasteiger charge is 2.52. The van der Waals surface area contributed by atoms with Gasteiger partial charge in [-0.25, -0.2) is 9.48 Å². The SMILES string of the molecule is CCOC(=O)c1nnn([C@@H]2O[C@H](COC(C)=O)[C@@H](OC(C)=O)[C@H]2OC(C)=O)c1C#Cc1ccccc1. The zero-order valence-corrected chi connectivity index (χ0v) is 20.1. The van der Waals surface area contributed by atoms with Crippen molar-refractivity contribution < 1.29 is 42.9 Å². The van der Waals surface area contributed by atoms with Gasteiger partial charge in [-0.1, -0.05) is 29.3 Å². The van der Waals surface area contributed by atoms with Crippen molar-refractivity contribution in [2.45, 2.75) is 52.2 Å². The monoisotopic (exact) mass is 499 g/mol. The molecule has 1 aliphatic rings. The van der Waals surface area contributed by atoms with Gasteiger partial charge in [0.1, 0.15) is 18.4 Å². The fourth-order valence-corrected chi connectivity index (χ4v) is 3.47. The summed E-state index contributed by atoms with van der Waals surface area (Å²) in [5.41, 5.74) is 0.488. The first-order valence-electron chi connectivity index (χ1n) is 11.0. The fourth-order valence-electron chi connectivity index (χ4n) is 3.47. The topological polar surface area (TPSA) is 145 Å². The zero-order chi connectivity index (χ0) is 26.2. The first-order chi connectivity index (χ1) is 17.2. The van der Waals surface area contributed by atoms with Crippen molar-refractivity contribution in [3.05, 3.63) is 47.3 Å². The lowest BCUT2D eigenvalue weighted by Crippen LogP contribution is -2.40. The Morgan fingerprint density at radius 3 is 2.22 bits per heavy atom. The molecule has 0 aliphatic carbocycles. The first kappa shape index (κ1) is 26.4. The van der Waals surface area contributed by atoms with Gasteiger partial charge < -0.3 is 23.7 Å². The molecule has 0 amide bonds. The highest BCUT2D eigenvalue weighted by atomic mass is 16.7. The smallest absolute Gasteiger partial charge is 0.361 e. The van der Waals surface area contributed by atoms with Crippen LogP contribution in [0.25, 0.3) is 0 Å². The summed E-state index contributed by atoms with van der Waals surface area (Å²) in [5, 5.41) is 7.93. The quantitative estimate of drug-likeness (QED) is 0.307. The standard InChI is InChI=1S/C24H25N3O9/c1-5-32-24(31)20-18(12-11-17-9-7-6-8-10-17)27(26-25-20)23-22(35-16(4)30)21(34-15(3)29)19(36-23)13-33-14(2)28/h6-10,19,21-23H,5,13H2,1-4H3/t19-,21-,22-,23-/m1/s1. The van der Waals surface area contributed by atoms with Gasteiger partial charge in [0.2, 0.25) is 5.69 Å². The summed E-state index contributed by atoms with van der Waals surface area (Å²) >= 11 is 0. The van der Waals surface area contributed by atoms with Crippen LogP contribution < -0.4 is 0 Å². The zero-order valence-electron chi connectivity index (χ0n) is 20.1. The molecule has 36 heavy (non-hydrogen) atoms. The first-order valence-corrected chi connectivity index (χ1v) is 11.0. The number of carbonyl (C=O) groups excluding carboxylic acids is 4. The third-order valence-corrected chi connectivity index (χ3v) is 4.84. The number of nitrogens with zero attached hydrogens (tertiary/aromatic N) is 3. The minimum Gasteiger partial charge on any atom is -0.463 e. The Hall–Kier alpha value is -4.24. The van der Waals surface area contributed by atoms with Crippen molar-refractivity contribution in [3.8, 4) is 11.8 Å². The Labute approximate surface area is 206 Å². The van der Waals surface area contributed by atoms with Crippen LogP contribution in [-0.4, -0.2) is 70.4 Å². The molecule has 4 atom stereocenters. The molecule has 12 heteroatoms. The second-order valence-corrected chi connectivity index (χ2v) is 7.58. The lowest BCUT2D eigenvalue weighted by Gasteiger charge is -2.23.